The van der Waals surface area contributed by atoms with Gasteiger partial charge in [-0.25, -0.2) is 0 Å². The van der Waals surface area contributed by atoms with Gasteiger partial charge in [-0.3, -0.25) is 0 Å². The monoisotopic (exact) mass is 289 g/mol. The van der Waals surface area contributed by atoms with Gasteiger partial charge < -0.3 is 10.1 Å². The van der Waals surface area contributed by atoms with Gasteiger partial charge in [-0.15, -0.1) is 0 Å². The first-order chi connectivity index (χ1) is 9.61. The fraction of sp³-hybridized carbons (Fsp3) is 0.294. The third kappa shape index (κ3) is 3.45. The summed E-state index contributed by atoms with van der Waals surface area (Å²) in [6.45, 7) is 7.64. The van der Waals surface area contributed by atoms with Gasteiger partial charge in [0, 0.05) is 11.6 Å². The predicted molar refractivity (Wildman–Crippen MR) is 85.9 cm³/mol. The summed E-state index contributed by atoms with van der Waals surface area (Å²) in [6.07, 6.45) is 0. The van der Waals surface area contributed by atoms with Crippen LogP contribution in [-0.2, 0) is 6.54 Å². The van der Waals surface area contributed by atoms with E-state index in [-0.39, 0.29) is 0 Å². The summed E-state index contributed by atoms with van der Waals surface area (Å²) < 4.78 is 5.62. The summed E-state index contributed by atoms with van der Waals surface area (Å²) in [7, 11) is 0. The molecule has 2 aromatic rings. The number of anilines is 1. The van der Waals surface area contributed by atoms with E-state index < -0.39 is 0 Å². The maximum atomic E-state index is 6.07. The second-order valence-electron chi connectivity index (χ2n) is 4.80. The van der Waals surface area contributed by atoms with Crippen LogP contribution in [0.25, 0.3) is 0 Å². The number of aryl methyl sites for hydroxylation is 2. The van der Waals surface area contributed by atoms with Gasteiger partial charge in [-0.2, -0.15) is 0 Å². The lowest BCUT2D eigenvalue weighted by atomic mass is 10.0. The van der Waals surface area contributed by atoms with Crippen LogP contribution in [0.4, 0.5) is 5.69 Å². The van der Waals surface area contributed by atoms with Gasteiger partial charge in [0.15, 0.2) is 0 Å². The standard InChI is InChI=1S/C17H20ClNO/c1-4-20-17-9-8-14(18)10-16(17)19-11-15-12(2)6-5-7-13(15)3/h5-10,19H,4,11H2,1-3H3. The SMILES string of the molecule is CCOc1ccc(Cl)cc1NCc1c(C)cccc1C. The molecular formula is C17H20ClNO. The molecule has 0 spiro atoms. The molecule has 0 amide bonds. The van der Waals surface area contributed by atoms with Gasteiger partial charge in [-0.1, -0.05) is 29.8 Å². The molecule has 0 saturated heterocycles. The maximum Gasteiger partial charge on any atom is 0.142 e. The summed E-state index contributed by atoms with van der Waals surface area (Å²) in [5.74, 6) is 0.836. The molecule has 2 rings (SSSR count). The van der Waals surface area contributed by atoms with Gasteiger partial charge >= 0.3 is 0 Å². The molecule has 0 saturated carbocycles. The molecule has 0 aliphatic rings. The number of nitrogens with one attached hydrogen (secondary N) is 1. The quantitative estimate of drug-likeness (QED) is 0.839. The highest BCUT2D eigenvalue weighted by atomic mass is 35.5. The summed E-state index contributed by atoms with van der Waals surface area (Å²) in [6, 6.07) is 12.0. The van der Waals surface area contributed by atoms with E-state index in [0.29, 0.717) is 11.6 Å². The van der Waals surface area contributed by atoms with Crippen molar-refractivity contribution in [2.24, 2.45) is 0 Å². The lowest BCUT2D eigenvalue weighted by Gasteiger charge is -2.15. The summed E-state index contributed by atoms with van der Waals surface area (Å²) in [5, 5.41) is 4.13. The van der Waals surface area contributed by atoms with Gasteiger partial charge in [-0.05, 0) is 55.7 Å². The van der Waals surface area contributed by atoms with E-state index in [2.05, 4.69) is 37.4 Å². The van der Waals surface area contributed by atoms with E-state index in [1.807, 2.05) is 25.1 Å². The largest absolute Gasteiger partial charge is 0.492 e. The third-order valence-electron chi connectivity index (χ3n) is 3.34. The van der Waals surface area contributed by atoms with Crippen molar-refractivity contribution in [3.63, 3.8) is 0 Å². The number of halogens is 1. The molecule has 0 heterocycles. The first-order valence-electron chi connectivity index (χ1n) is 6.83. The first-order valence-corrected chi connectivity index (χ1v) is 7.21. The fourth-order valence-corrected chi connectivity index (χ4v) is 2.41. The molecule has 0 radical (unpaired) electrons. The van der Waals surface area contributed by atoms with Crippen molar-refractivity contribution in [2.45, 2.75) is 27.3 Å². The molecule has 0 atom stereocenters. The van der Waals surface area contributed by atoms with E-state index in [1.165, 1.54) is 16.7 Å². The average Bonchev–Trinajstić information content (AvgIpc) is 2.41. The molecule has 0 aromatic heterocycles. The highest BCUT2D eigenvalue weighted by Crippen LogP contribution is 2.29. The Balaban J connectivity index is 2.20. The Bertz CT molecular complexity index is 575. The molecule has 2 aromatic carbocycles. The average molecular weight is 290 g/mol. The predicted octanol–water partition coefficient (Wildman–Crippen LogP) is 4.97. The van der Waals surface area contributed by atoms with Crippen molar-refractivity contribution >= 4 is 17.3 Å². The molecule has 0 fully saturated rings. The van der Waals surface area contributed by atoms with Crippen LogP contribution in [0.1, 0.15) is 23.6 Å². The molecule has 0 unspecified atom stereocenters. The van der Waals surface area contributed by atoms with E-state index in [1.54, 1.807) is 0 Å². The number of ether oxygens (including phenoxy) is 1. The topological polar surface area (TPSA) is 21.3 Å². The molecule has 0 aliphatic carbocycles. The third-order valence-corrected chi connectivity index (χ3v) is 3.58. The van der Waals surface area contributed by atoms with Crippen LogP contribution in [0.5, 0.6) is 5.75 Å². The second-order valence-corrected chi connectivity index (χ2v) is 5.23. The van der Waals surface area contributed by atoms with Crippen molar-refractivity contribution in [1.82, 2.24) is 0 Å². The second kappa shape index (κ2) is 6.67. The zero-order valence-corrected chi connectivity index (χ0v) is 12.9. The highest BCUT2D eigenvalue weighted by molar-refractivity contribution is 6.30. The van der Waals surface area contributed by atoms with Crippen LogP contribution in [0.15, 0.2) is 36.4 Å². The Hall–Kier alpha value is -1.67. The van der Waals surface area contributed by atoms with Crippen LogP contribution in [0.2, 0.25) is 5.02 Å². The minimum absolute atomic E-state index is 0.639. The van der Waals surface area contributed by atoms with Gasteiger partial charge in [0.05, 0.1) is 12.3 Å². The number of hydrogen-bond donors (Lipinski definition) is 1. The van der Waals surface area contributed by atoms with Crippen LogP contribution in [0, 0.1) is 13.8 Å². The summed E-state index contributed by atoms with van der Waals surface area (Å²) in [5.41, 5.74) is 4.83. The minimum atomic E-state index is 0.639. The molecule has 0 bridgehead atoms. The number of rotatable bonds is 5. The van der Waals surface area contributed by atoms with E-state index in [9.17, 15) is 0 Å². The number of benzene rings is 2. The van der Waals surface area contributed by atoms with Crippen LogP contribution in [-0.4, -0.2) is 6.61 Å². The lowest BCUT2D eigenvalue weighted by molar-refractivity contribution is 0.341. The summed E-state index contributed by atoms with van der Waals surface area (Å²) >= 11 is 6.07. The maximum absolute atomic E-state index is 6.07. The van der Waals surface area contributed by atoms with Crippen LogP contribution >= 0.6 is 11.6 Å². The van der Waals surface area contributed by atoms with Crippen molar-refractivity contribution < 1.29 is 4.74 Å². The first kappa shape index (κ1) is 14.7. The molecular weight excluding hydrogens is 270 g/mol. The normalized spacial score (nSPS) is 10.4. The zero-order valence-electron chi connectivity index (χ0n) is 12.2. The van der Waals surface area contributed by atoms with Gasteiger partial charge in [0.25, 0.3) is 0 Å². The smallest absolute Gasteiger partial charge is 0.142 e. The molecule has 3 heteroatoms. The number of hydrogen-bond acceptors (Lipinski definition) is 2. The fourth-order valence-electron chi connectivity index (χ4n) is 2.23. The molecule has 106 valence electrons. The van der Waals surface area contributed by atoms with Crippen LogP contribution < -0.4 is 10.1 Å². The Morgan fingerprint density at radius 2 is 1.80 bits per heavy atom. The minimum Gasteiger partial charge on any atom is -0.492 e. The van der Waals surface area contributed by atoms with E-state index in [4.69, 9.17) is 16.3 Å². The van der Waals surface area contributed by atoms with Crippen molar-refractivity contribution in [1.29, 1.82) is 0 Å². The summed E-state index contributed by atoms with van der Waals surface area (Å²) in [4.78, 5) is 0. The Kier molecular flexibility index (Phi) is 4.91. The molecule has 0 aliphatic heterocycles. The van der Waals surface area contributed by atoms with Gasteiger partial charge in [0.1, 0.15) is 5.75 Å². The van der Waals surface area contributed by atoms with Crippen molar-refractivity contribution in [3.8, 4) is 5.75 Å². The van der Waals surface area contributed by atoms with E-state index in [0.717, 1.165) is 18.0 Å². The highest BCUT2D eigenvalue weighted by Gasteiger charge is 2.06. The van der Waals surface area contributed by atoms with Crippen molar-refractivity contribution in [2.75, 3.05) is 11.9 Å². The van der Waals surface area contributed by atoms with Crippen LogP contribution in [0.3, 0.4) is 0 Å². The molecule has 1 N–H and O–H groups in total. The zero-order chi connectivity index (χ0) is 14.5. The Morgan fingerprint density at radius 1 is 1.10 bits per heavy atom. The molecule has 2 nitrogen and oxygen atoms in total. The Labute approximate surface area is 125 Å². The van der Waals surface area contributed by atoms with E-state index >= 15 is 0 Å². The molecule has 20 heavy (non-hydrogen) atoms. The van der Waals surface area contributed by atoms with Crippen molar-refractivity contribution in [3.05, 3.63) is 58.1 Å². The van der Waals surface area contributed by atoms with Gasteiger partial charge in [0.2, 0.25) is 0 Å². The Morgan fingerprint density at radius 3 is 2.45 bits per heavy atom. The lowest BCUT2D eigenvalue weighted by Crippen LogP contribution is -2.05.